The molecule has 0 fully saturated rings. The summed E-state index contributed by atoms with van der Waals surface area (Å²) < 4.78 is 21.2. The predicted octanol–water partition coefficient (Wildman–Crippen LogP) is 3.29. The minimum absolute atomic E-state index is 0.508. The quantitative estimate of drug-likeness (QED) is 0.336. The van der Waals surface area contributed by atoms with Crippen molar-refractivity contribution in [1.29, 1.82) is 0 Å². The second-order valence-corrected chi connectivity index (χ2v) is 5.61. The Bertz CT molecular complexity index is 213. The van der Waals surface area contributed by atoms with Crippen LogP contribution < -0.4 is 5.32 Å². The van der Waals surface area contributed by atoms with Gasteiger partial charge in [-0.3, -0.25) is 4.79 Å². The Morgan fingerprint density at radius 3 is 1.48 bits per heavy atom. The molecule has 0 radical (unpaired) electrons. The number of amides is 1. The highest BCUT2D eigenvalue weighted by molar-refractivity contribution is 5.45. The number of rotatable bonds is 16. The molecule has 6 nitrogen and oxygen atoms in total. The molecule has 0 aromatic heterocycles. The van der Waals surface area contributed by atoms with E-state index < -0.39 is 0 Å². The van der Waals surface area contributed by atoms with Gasteiger partial charge in [0, 0.05) is 13.2 Å². The zero-order chi connectivity index (χ0) is 19.6. The number of ether oxygens (including phenoxy) is 4. The maximum absolute atomic E-state index is 9.92. The summed E-state index contributed by atoms with van der Waals surface area (Å²) in [5.74, 6) is 0.833. The predicted molar refractivity (Wildman–Crippen MR) is 104 cm³/mol. The highest BCUT2D eigenvalue weighted by Crippen LogP contribution is 1.88. The van der Waals surface area contributed by atoms with Crippen LogP contribution in [-0.2, 0) is 23.7 Å². The maximum atomic E-state index is 9.92. The van der Waals surface area contributed by atoms with E-state index in [4.69, 9.17) is 18.9 Å². The second kappa shape index (κ2) is 31.1. The van der Waals surface area contributed by atoms with E-state index in [9.17, 15) is 4.79 Å². The molecule has 0 spiro atoms. The van der Waals surface area contributed by atoms with Crippen molar-refractivity contribution in [3.63, 3.8) is 0 Å². The lowest BCUT2D eigenvalue weighted by molar-refractivity contribution is -0.109. The minimum atomic E-state index is 0.508. The molecule has 0 aliphatic heterocycles. The molecule has 0 unspecified atom stereocenters. The van der Waals surface area contributed by atoms with Gasteiger partial charge in [-0.2, -0.15) is 0 Å². The van der Waals surface area contributed by atoms with Gasteiger partial charge in [-0.1, -0.05) is 48.0 Å². The summed E-state index contributed by atoms with van der Waals surface area (Å²) >= 11 is 0. The molecule has 0 rings (SSSR count). The van der Waals surface area contributed by atoms with Gasteiger partial charge in [0.25, 0.3) is 0 Å². The average molecular weight is 366 g/mol. The van der Waals surface area contributed by atoms with Crippen molar-refractivity contribution in [2.45, 2.75) is 54.4 Å². The summed E-state index contributed by atoms with van der Waals surface area (Å²) in [6.07, 6.45) is 2.91. The van der Waals surface area contributed by atoms with E-state index in [1.807, 2.05) is 13.8 Å². The van der Waals surface area contributed by atoms with Crippen molar-refractivity contribution in [3.05, 3.63) is 0 Å². The fourth-order valence-corrected chi connectivity index (χ4v) is 1.20. The molecule has 154 valence electrons. The van der Waals surface area contributed by atoms with Gasteiger partial charge in [0.15, 0.2) is 0 Å². The molecule has 0 atom stereocenters. The van der Waals surface area contributed by atoms with Crippen LogP contribution in [0.4, 0.5) is 0 Å². The van der Waals surface area contributed by atoms with Crippen molar-refractivity contribution in [3.8, 4) is 0 Å². The molecule has 0 aliphatic rings. The van der Waals surface area contributed by atoms with Crippen LogP contribution in [0.1, 0.15) is 54.4 Å². The molecule has 0 saturated heterocycles. The van der Waals surface area contributed by atoms with E-state index >= 15 is 0 Å². The van der Waals surface area contributed by atoms with E-state index in [0.29, 0.717) is 59.2 Å². The van der Waals surface area contributed by atoms with Crippen LogP contribution in [-0.4, -0.2) is 65.8 Å². The lowest BCUT2D eigenvalue weighted by atomic mass is 10.3. The first-order chi connectivity index (χ1) is 12.1. The number of hydrogen-bond acceptors (Lipinski definition) is 5. The summed E-state index contributed by atoms with van der Waals surface area (Å²) in [5.41, 5.74) is 0. The van der Waals surface area contributed by atoms with Crippen LogP contribution in [0.5, 0.6) is 0 Å². The third kappa shape index (κ3) is 45.2. The van der Waals surface area contributed by atoms with E-state index in [1.165, 1.54) is 0 Å². The first-order valence-corrected chi connectivity index (χ1v) is 9.63. The molecule has 0 aliphatic carbocycles. The van der Waals surface area contributed by atoms with Crippen LogP contribution in [0.2, 0.25) is 0 Å². The summed E-state index contributed by atoms with van der Waals surface area (Å²) in [5, 5.41) is 2.51. The Hall–Kier alpha value is -0.690. The van der Waals surface area contributed by atoms with Crippen molar-refractivity contribution < 1.29 is 23.7 Å². The Labute approximate surface area is 155 Å². The fourth-order valence-electron chi connectivity index (χ4n) is 1.20. The third-order valence-electron chi connectivity index (χ3n) is 2.23. The number of carbonyl (C=O) groups is 1. The highest BCUT2D eigenvalue weighted by Gasteiger charge is 1.92. The van der Waals surface area contributed by atoms with E-state index in [-0.39, 0.29) is 0 Å². The summed E-state index contributed by atoms with van der Waals surface area (Å²) in [6, 6.07) is 0. The molecule has 0 bridgehead atoms. The Kier molecular flexibility index (Phi) is 36.2. The zero-order valence-corrected chi connectivity index (χ0v) is 17.5. The normalized spacial score (nSPS) is 9.72. The molecule has 25 heavy (non-hydrogen) atoms. The first kappa shape index (κ1) is 29.1. The van der Waals surface area contributed by atoms with Crippen molar-refractivity contribution in [2.24, 2.45) is 5.92 Å². The molecule has 1 N–H and O–H groups in total. The van der Waals surface area contributed by atoms with Gasteiger partial charge >= 0.3 is 0 Å². The van der Waals surface area contributed by atoms with Gasteiger partial charge in [0.05, 0.1) is 46.2 Å². The van der Waals surface area contributed by atoms with E-state index in [2.05, 4.69) is 33.0 Å². The van der Waals surface area contributed by atoms with Crippen LogP contribution in [0.25, 0.3) is 0 Å². The smallest absolute Gasteiger partial charge is 0.207 e. The Morgan fingerprint density at radius 1 is 0.760 bits per heavy atom. The summed E-state index contributed by atoms with van der Waals surface area (Å²) in [4.78, 5) is 9.92. The van der Waals surface area contributed by atoms with Gasteiger partial charge < -0.3 is 24.3 Å². The molecule has 0 heterocycles. The zero-order valence-electron chi connectivity index (χ0n) is 17.5. The largest absolute Gasteiger partial charge is 0.379 e. The molecule has 0 saturated carbocycles. The lowest BCUT2D eigenvalue weighted by Crippen LogP contribution is -2.19. The number of nitrogens with one attached hydrogen (secondary N) is 1. The third-order valence-corrected chi connectivity index (χ3v) is 2.23. The average Bonchev–Trinajstić information content (AvgIpc) is 2.60. The Balaban J connectivity index is -0.000000701. The highest BCUT2D eigenvalue weighted by atomic mass is 16.6. The van der Waals surface area contributed by atoms with Gasteiger partial charge in [-0.25, -0.2) is 0 Å². The number of hydrogen-bond donors (Lipinski definition) is 1. The maximum Gasteiger partial charge on any atom is 0.207 e. The number of carbonyl (C=O) groups excluding carboxylic acids is 1. The van der Waals surface area contributed by atoms with Crippen LogP contribution in [0, 0.1) is 5.92 Å². The van der Waals surface area contributed by atoms with Crippen LogP contribution in [0.15, 0.2) is 0 Å². The topological polar surface area (TPSA) is 66.0 Å². The van der Waals surface area contributed by atoms with Crippen LogP contribution in [0.3, 0.4) is 0 Å². The van der Waals surface area contributed by atoms with Crippen LogP contribution >= 0.6 is 0 Å². The van der Waals surface area contributed by atoms with E-state index in [1.54, 1.807) is 0 Å². The van der Waals surface area contributed by atoms with Gasteiger partial charge in [0.2, 0.25) is 6.41 Å². The molecular weight excluding hydrogens is 322 g/mol. The molecule has 1 amide bonds. The summed E-state index contributed by atoms with van der Waals surface area (Å²) in [7, 11) is 0. The fraction of sp³-hybridized carbons (Fsp3) is 0.947. The monoisotopic (exact) mass is 365 g/mol. The molecule has 0 aromatic rings. The standard InChI is InChI=1S/C13H27NO5.C4H10.C2H6/c1-2-3-5-16-7-9-18-11-12-19-10-8-17-6-4-14-13-15;1-4(2)3;1-2/h13H,2-12H2,1H3,(H,14,15);4H,1-3H3;1-2H3. The Morgan fingerprint density at radius 2 is 1.12 bits per heavy atom. The summed E-state index contributed by atoms with van der Waals surface area (Å²) in [6.45, 7) is 17.9. The minimum Gasteiger partial charge on any atom is -0.379 e. The number of unbranched alkanes of at least 4 members (excludes halogenated alkanes) is 1. The first-order valence-electron chi connectivity index (χ1n) is 9.63. The SMILES string of the molecule is CC.CC(C)C.CCCCOCCOCCOCCOCCNC=O. The van der Waals surface area contributed by atoms with Gasteiger partial charge in [0.1, 0.15) is 0 Å². The molecule has 0 aromatic carbocycles. The van der Waals surface area contributed by atoms with Crippen molar-refractivity contribution in [2.75, 3.05) is 59.4 Å². The molecule has 6 heteroatoms. The molecular formula is C19H43NO5. The van der Waals surface area contributed by atoms with E-state index in [0.717, 1.165) is 25.4 Å². The van der Waals surface area contributed by atoms with Gasteiger partial charge in [-0.05, 0) is 12.3 Å². The van der Waals surface area contributed by atoms with Crippen molar-refractivity contribution >= 4 is 6.41 Å². The van der Waals surface area contributed by atoms with Gasteiger partial charge in [-0.15, -0.1) is 0 Å². The van der Waals surface area contributed by atoms with Crippen molar-refractivity contribution in [1.82, 2.24) is 5.32 Å². The second-order valence-electron chi connectivity index (χ2n) is 5.61. The lowest BCUT2D eigenvalue weighted by Gasteiger charge is -2.07.